The Bertz CT molecular complexity index is 628. The summed E-state index contributed by atoms with van der Waals surface area (Å²) in [6.45, 7) is 3.12. The molecule has 0 radical (unpaired) electrons. The lowest BCUT2D eigenvalue weighted by Crippen LogP contribution is -2.22. The molecular formula is C15H13FO3. The number of furan rings is 1. The van der Waals surface area contributed by atoms with E-state index in [0.717, 1.165) is 0 Å². The average Bonchev–Trinajstić information content (AvgIpc) is 2.83. The van der Waals surface area contributed by atoms with Crippen molar-refractivity contribution in [3.05, 3.63) is 59.3 Å². The van der Waals surface area contributed by atoms with Gasteiger partial charge in [-0.25, -0.2) is 4.39 Å². The summed E-state index contributed by atoms with van der Waals surface area (Å²) < 4.78 is 18.6. The van der Waals surface area contributed by atoms with E-state index in [0.29, 0.717) is 11.3 Å². The highest BCUT2D eigenvalue weighted by Gasteiger charge is 2.27. The zero-order valence-corrected chi connectivity index (χ0v) is 10.6. The molecule has 1 heterocycles. The van der Waals surface area contributed by atoms with Crippen molar-refractivity contribution in [3.8, 4) is 0 Å². The van der Waals surface area contributed by atoms with E-state index < -0.39 is 17.5 Å². The molecule has 98 valence electrons. The molecule has 0 fully saturated rings. The van der Waals surface area contributed by atoms with Crippen molar-refractivity contribution in [2.45, 2.75) is 13.8 Å². The van der Waals surface area contributed by atoms with Gasteiger partial charge in [-0.15, -0.1) is 0 Å². The van der Waals surface area contributed by atoms with Crippen LogP contribution in [0.4, 0.5) is 4.39 Å². The largest absolute Gasteiger partial charge is 0.469 e. The molecule has 0 aliphatic rings. The monoisotopic (exact) mass is 260 g/mol. The van der Waals surface area contributed by atoms with Crippen LogP contribution in [-0.4, -0.2) is 11.6 Å². The van der Waals surface area contributed by atoms with Crippen LogP contribution >= 0.6 is 0 Å². The zero-order valence-electron chi connectivity index (χ0n) is 10.6. The molecule has 3 nitrogen and oxygen atoms in total. The Morgan fingerprint density at radius 3 is 2.32 bits per heavy atom. The summed E-state index contributed by atoms with van der Waals surface area (Å²) in [6, 6.07) is 7.16. The number of halogens is 1. The van der Waals surface area contributed by atoms with Crippen molar-refractivity contribution in [2.75, 3.05) is 0 Å². The van der Waals surface area contributed by atoms with Gasteiger partial charge in [-0.2, -0.15) is 0 Å². The molecular weight excluding hydrogens is 247 g/mol. The van der Waals surface area contributed by atoms with E-state index >= 15 is 0 Å². The summed E-state index contributed by atoms with van der Waals surface area (Å²) in [6.07, 6.45) is 1.39. The molecule has 0 N–H and O–H groups in total. The summed E-state index contributed by atoms with van der Waals surface area (Å²) in [5, 5.41) is 0. The molecule has 0 aliphatic heterocycles. The number of aryl methyl sites for hydroxylation is 1. The molecule has 4 heteroatoms. The fraction of sp³-hybridized carbons (Fsp3) is 0.200. The summed E-state index contributed by atoms with van der Waals surface area (Å²) in [5.41, 5.74) is 0.293. The minimum Gasteiger partial charge on any atom is -0.469 e. The SMILES string of the molecule is Cc1occc1C(=O)C(C)C(=O)c1ccccc1F. The third-order valence-electron chi connectivity index (χ3n) is 3.05. The molecule has 1 unspecified atom stereocenters. The second-order valence-electron chi connectivity index (χ2n) is 4.32. The first-order chi connectivity index (χ1) is 9.02. The Balaban J connectivity index is 2.28. The van der Waals surface area contributed by atoms with Gasteiger partial charge in [0.25, 0.3) is 0 Å². The molecule has 0 spiro atoms. The van der Waals surface area contributed by atoms with Crippen LogP contribution in [-0.2, 0) is 0 Å². The Hall–Kier alpha value is -2.23. The standard InChI is InChI=1S/C15H13FO3/c1-9(14(17)11-7-8-19-10(11)2)15(18)12-5-3-4-6-13(12)16/h3-9H,1-2H3. The molecule has 0 bridgehead atoms. The molecule has 19 heavy (non-hydrogen) atoms. The highest BCUT2D eigenvalue weighted by atomic mass is 19.1. The second kappa shape index (κ2) is 5.18. The lowest BCUT2D eigenvalue weighted by atomic mass is 9.91. The first kappa shape index (κ1) is 13.2. The van der Waals surface area contributed by atoms with E-state index in [4.69, 9.17) is 4.42 Å². The predicted octanol–water partition coefficient (Wildman–Crippen LogP) is 3.43. The van der Waals surface area contributed by atoms with E-state index in [1.54, 1.807) is 13.0 Å². The van der Waals surface area contributed by atoms with Gasteiger partial charge in [0.05, 0.1) is 23.3 Å². The quantitative estimate of drug-likeness (QED) is 0.625. The van der Waals surface area contributed by atoms with Crippen LogP contribution in [0.15, 0.2) is 41.0 Å². The third kappa shape index (κ3) is 2.47. The highest BCUT2D eigenvalue weighted by molar-refractivity contribution is 6.16. The Morgan fingerprint density at radius 1 is 1.11 bits per heavy atom. The van der Waals surface area contributed by atoms with Gasteiger partial charge < -0.3 is 4.42 Å². The summed E-state index contributed by atoms with van der Waals surface area (Å²) in [5.74, 6) is -1.98. The maximum Gasteiger partial charge on any atom is 0.176 e. The maximum absolute atomic E-state index is 13.5. The van der Waals surface area contributed by atoms with Crippen molar-refractivity contribution in [2.24, 2.45) is 5.92 Å². The number of hydrogen-bond acceptors (Lipinski definition) is 3. The molecule has 2 rings (SSSR count). The lowest BCUT2D eigenvalue weighted by molar-refractivity contribution is 0.0818. The zero-order chi connectivity index (χ0) is 14.0. The van der Waals surface area contributed by atoms with Crippen LogP contribution < -0.4 is 0 Å². The summed E-state index contributed by atoms with van der Waals surface area (Å²) >= 11 is 0. The molecule has 1 atom stereocenters. The van der Waals surface area contributed by atoms with Gasteiger partial charge >= 0.3 is 0 Å². The van der Waals surface area contributed by atoms with Crippen LogP contribution in [0, 0.1) is 18.7 Å². The highest BCUT2D eigenvalue weighted by Crippen LogP contribution is 2.19. The van der Waals surface area contributed by atoms with Crippen LogP contribution in [0.25, 0.3) is 0 Å². The maximum atomic E-state index is 13.5. The van der Waals surface area contributed by atoms with Crippen molar-refractivity contribution >= 4 is 11.6 Å². The van der Waals surface area contributed by atoms with E-state index in [1.165, 1.54) is 37.5 Å². The number of hydrogen-bond donors (Lipinski definition) is 0. The van der Waals surface area contributed by atoms with Crippen molar-refractivity contribution in [3.63, 3.8) is 0 Å². The first-order valence-corrected chi connectivity index (χ1v) is 5.89. The number of ketones is 2. The van der Waals surface area contributed by atoms with Gasteiger partial charge in [-0.05, 0) is 32.0 Å². The van der Waals surface area contributed by atoms with Crippen molar-refractivity contribution < 1.29 is 18.4 Å². The topological polar surface area (TPSA) is 47.3 Å². The number of Topliss-reactive ketones (excluding diaryl/α,β-unsaturated/α-hetero) is 2. The van der Waals surface area contributed by atoms with E-state index in [-0.39, 0.29) is 11.3 Å². The number of rotatable bonds is 4. The van der Waals surface area contributed by atoms with Gasteiger partial charge in [0.2, 0.25) is 0 Å². The summed E-state index contributed by atoms with van der Waals surface area (Å²) in [7, 11) is 0. The number of benzene rings is 1. The minimum absolute atomic E-state index is 0.0653. The summed E-state index contributed by atoms with van der Waals surface area (Å²) in [4.78, 5) is 24.3. The molecule has 0 saturated carbocycles. The van der Waals surface area contributed by atoms with Crippen LogP contribution in [0.5, 0.6) is 0 Å². The number of carbonyl (C=O) groups excluding carboxylic acids is 2. The van der Waals surface area contributed by atoms with Crippen molar-refractivity contribution in [1.82, 2.24) is 0 Å². The molecule has 1 aromatic carbocycles. The fourth-order valence-electron chi connectivity index (χ4n) is 1.89. The Morgan fingerprint density at radius 2 is 1.74 bits per heavy atom. The fourth-order valence-corrected chi connectivity index (χ4v) is 1.89. The second-order valence-corrected chi connectivity index (χ2v) is 4.32. The molecule has 2 aromatic rings. The van der Waals surface area contributed by atoms with E-state index in [1.807, 2.05) is 0 Å². The molecule has 0 amide bonds. The Labute approximate surface area is 110 Å². The first-order valence-electron chi connectivity index (χ1n) is 5.89. The van der Waals surface area contributed by atoms with Crippen molar-refractivity contribution in [1.29, 1.82) is 0 Å². The lowest BCUT2D eigenvalue weighted by Gasteiger charge is -2.09. The van der Waals surface area contributed by atoms with Crippen LogP contribution in [0.3, 0.4) is 0 Å². The molecule has 0 aliphatic carbocycles. The number of carbonyl (C=O) groups is 2. The van der Waals surface area contributed by atoms with Gasteiger partial charge in [0.1, 0.15) is 11.6 Å². The average molecular weight is 260 g/mol. The van der Waals surface area contributed by atoms with E-state index in [2.05, 4.69) is 0 Å². The van der Waals surface area contributed by atoms with Crippen LogP contribution in [0.1, 0.15) is 33.4 Å². The normalized spacial score (nSPS) is 12.2. The van der Waals surface area contributed by atoms with Crippen LogP contribution in [0.2, 0.25) is 0 Å². The molecule has 1 aromatic heterocycles. The minimum atomic E-state index is -0.937. The van der Waals surface area contributed by atoms with Gasteiger partial charge in [-0.1, -0.05) is 12.1 Å². The van der Waals surface area contributed by atoms with Gasteiger partial charge in [-0.3, -0.25) is 9.59 Å². The smallest absolute Gasteiger partial charge is 0.176 e. The molecule has 0 saturated heterocycles. The Kier molecular flexibility index (Phi) is 3.60. The predicted molar refractivity (Wildman–Crippen MR) is 67.7 cm³/mol. The van der Waals surface area contributed by atoms with E-state index in [9.17, 15) is 14.0 Å². The third-order valence-corrected chi connectivity index (χ3v) is 3.05. The van der Waals surface area contributed by atoms with Gasteiger partial charge in [0.15, 0.2) is 11.6 Å². The van der Waals surface area contributed by atoms with Gasteiger partial charge in [0, 0.05) is 0 Å².